The van der Waals surface area contributed by atoms with Crippen molar-refractivity contribution in [2.75, 3.05) is 13.1 Å². The van der Waals surface area contributed by atoms with Crippen LogP contribution in [0.25, 0.3) is 0 Å². The second kappa shape index (κ2) is 4.37. The first-order chi connectivity index (χ1) is 8.00. The molecule has 0 spiro atoms. The van der Waals surface area contributed by atoms with E-state index in [1.807, 2.05) is 4.90 Å². The molecule has 0 aromatic heterocycles. The van der Waals surface area contributed by atoms with E-state index in [1.165, 1.54) is 0 Å². The Bertz CT molecular complexity index is 348. The van der Waals surface area contributed by atoms with Gasteiger partial charge in [0.05, 0.1) is 0 Å². The predicted octanol–water partition coefficient (Wildman–Crippen LogP) is 2.54. The fourth-order valence-electron chi connectivity index (χ4n) is 3.00. The third kappa shape index (κ3) is 2.20. The van der Waals surface area contributed by atoms with E-state index in [-0.39, 0.29) is 5.91 Å². The number of hydrogen-bond donors (Lipinski definition) is 0. The van der Waals surface area contributed by atoms with E-state index in [0.29, 0.717) is 11.8 Å². The van der Waals surface area contributed by atoms with Crippen molar-refractivity contribution in [2.45, 2.75) is 40.0 Å². The quantitative estimate of drug-likeness (QED) is 0.671. The Morgan fingerprint density at radius 2 is 2.12 bits per heavy atom. The summed E-state index contributed by atoms with van der Waals surface area (Å²) in [6.45, 7) is 8.61. The van der Waals surface area contributed by atoms with Crippen LogP contribution in [-0.4, -0.2) is 23.9 Å². The highest BCUT2D eigenvalue weighted by atomic mass is 16.2. The van der Waals surface area contributed by atoms with E-state index in [9.17, 15) is 4.79 Å². The van der Waals surface area contributed by atoms with Crippen LogP contribution < -0.4 is 0 Å². The molecule has 2 fully saturated rings. The molecule has 0 N–H and O–H groups in total. The van der Waals surface area contributed by atoms with E-state index in [1.54, 1.807) is 0 Å². The Balaban J connectivity index is 2.04. The lowest BCUT2D eigenvalue weighted by molar-refractivity contribution is -0.137. The molecular formula is C15H23NO. The monoisotopic (exact) mass is 233 g/mol. The molecule has 2 aliphatic rings. The van der Waals surface area contributed by atoms with Crippen molar-refractivity contribution in [3.05, 3.63) is 0 Å². The maximum absolute atomic E-state index is 12.4. The highest BCUT2D eigenvalue weighted by molar-refractivity contribution is 5.88. The number of piperidine rings is 1. The normalized spacial score (nSPS) is 31.1. The fraction of sp³-hybridized carbons (Fsp3) is 0.800. The molecule has 1 amide bonds. The molecule has 2 unspecified atom stereocenters. The van der Waals surface area contributed by atoms with Crippen molar-refractivity contribution in [3.8, 4) is 12.3 Å². The van der Waals surface area contributed by atoms with Gasteiger partial charge in [-0.25, -0.2) is 0 Å². The Labute approximate surface area is 105 Å². The lowest BCUT2D eigenvalue weighted by Gasteiger charge is -2.40. The lowest BCUT2D eigenvalue weighted by Crippen LogP contribution is -2.47. The Morgan fingerprint density at radius 1 is 1.47 bits per heavy atom. The Morgan fingerprint density at radius 3 is 2.59 bits per heavy atom. The van der Waals surface area contributed by atoms with E-state index < -0.39 is 5.41 Å². The van der Waals surface area contributed by atoms with Crippen molar-refractivity contribution >= 4 is 5.91 Å². The number of amides is 1. The molecule has 2 rings (SSSR count). The topological polar surface area (TPSA) is 20.3 Å². The third-order valence-electron chi connectivity index (χ3n) is 4.60. The SMILES string of the molecule is C#CC1(C(=O)N2CCC(C)C(C(C)C)C2)CC1. The summed E-state index contributed by atoms with van der Waals surface area (Å²) >= 11 is 0. The molecule has 1 saturated heterocycles. The van der Waals surface area contributed by atoms with Crippen LogP contribution in [0.5, 0.6) is 0 Å². The van der Waals surface area contributed by atoms with Crippen LogP contribution in [0.1, 0.15) is 40.0 Å². The van der Waals surface area contributed by atoms with Gasteiger partial charge in [0.25, 0.3) is 0 Å². The van der Waals surface area contributed by atoms with Gasteiger partial charge in [-0.05, 0) is 37.0 Å². The summed E-state index contributed by atoms with van der Waals surface area (Å²) in [6, 6.07) is 0. The summed E-state index contributed by atoms with van der Waals surface area (Å²) in [5.74, 6) is 4.92. The summed E-state index contributed by atoms with van der Waals surface area (Å²) in [4.78, 5) is 14.4. The van der Waals surface area contributed by atoms with Gasteiger partial charge < -0.3 is 4.90 Å². The minimum atomic E-state index is -0.415. The third-order valence-corrected chi connectivity index (χ3v) is 4.60. The van der Waals surface area contributed by atoms with Crippen molar-refractivity contribution in [1.82, 2.24) is 4.90 Å². The van der Waals surface area contributed by atoms with E-state index in [2.05, 4.69) is 26.7 Å². The fourth-order valence-corrected chi connectivity index (χ4v) is 3.00. The zero-order valence-electron chi connectivity index (χ0n) is 11.2. The van der Waals surface area contributed by atoms with Crippen LogP contribution in [-0.2, 0) is 4.79 Å². The van der Waals surface area contributed by atoms with Crippen LogP contribution in [0.2, 0.25) is 0 Å². The van der Waals surface area contributed by atoms with Crippen molar-refractivity contribution in [3.63, 3.8) is 0 Å². The van der Waals surface area contributed by atoms with Gasteiger partial charge in [-0.1, -0.05) is 26.7 Å². The molecule has 2 atom stereocenters. The molecule has 0 bridgehead atoms. The van der Waals surface area contributed by atoms with Gasteiger partial charge in [-0.2, -0.15) is 0 Å². The maximum Gasteiger partial charge on any atom is 0.240 e. The maximum atomic E-state index is 12.4. The molecule has 1 aliphatic heterocycles. The standard InChI is InChI=1S/C15H23NO/c1-5-15(7-8-15)14(17)16-9-6-12(4)13(10-16)11(2)3/h1,11-13H,6-10H2,2-4H3. The number of rotatable bonds is 2. The van der Waals surface area contributed by atoms with Crippen molar-refractivity contribution in [1.29, 1.82) is 0 Å². The van der Waals surface area contributed by atoms with Crippen molar-refractivity contribution in [2.24, 2.45) is 23.2 Å². The smallest absolute Gasteiger partial charge is 0.240 e. The first-order valence-electron chi connectivity index (χ1n) is 6.77. The highest BCUT2D eigenvalue weighted by Gasteiger charge is 2.51. The lowest BCUT2D eigenvalue weighted by atomic mass is 9.79. The van der Waals surface area contributed by atoms with Crippen LogP contribution >= 0.6 is 0 Å². The zero-order valence-corrected chi connectivity index (χ0v) is 11.2. The summed E-state index contributed by atoms with van der Waals surface area (Å²) in [5.41, 5.74) is -0.415. The van der Waals surface area contributed by atoms with E-state index >= 15 is 0 Å². The number of carbonyl (C=O) groups is 1. The largest absolute Gasteiger partial charge is 0.341 e. The number of nitrogens with zero attached hydrogens (tertiary/aromatic N) is 1. The molecule has 0 radical (unpaired) electrons. The number of terminal acetylenes is 1. The van der Waals surface area contributed by atoms with Gasteiger partial charge in [-0.3, -0.25) is 4.79 Å². The molecule has 2 nitrogen and oxygen atoms in total. The number of carbonyl (C=O) groups excluding carboxylic acids is 1. The summed E-state index contributed by atoms with van der Waals surface area (Å²) in [7, 11) is 0. The number of likely N-dealkylation sites (tertiary alicyclic amines) is 1. The van der Waals surface area contributed by atoms with Gasteiger partial charge in [0.15, 0.2) is 0 Å². The van der Waals surface area contributed by atoms with Gasteiger partial charge >= 0.3 is 0 Å². The summed E-state index contributed by atoms with van der Waals surface area (Å²) < 4.78 is 0. The second-order valence-corrected chi connectivity index (χ2v) is 6.15. The summed E-state index contributed by atoms with van der Waals surface area (Å²) in [5, 5.41) is 0. The first kappa shape index (κ1) is 12.5. The summed E-state index contributed by atoms with van der Waals surface area (Å²) in [6.07, 6.45) is 8.40. The average molecular weight is 233 g/mol. The van der Waals surface area contributed by atoms with Crippen molar-refractivity contribution < 1.29 is 4.79 Å². The molecule has 1 heterocycles. The molecule has 94 valence electrons. The molecule has 1 aliphatic carbocycles. The molecular weight excluding hydrogens is 210 g/mol. The van der Waals surface area contributed by atoms with Gasteiger partial charge in [-0.15, -0.1) is 6.42 Å². The predicted molar refractivity (Wildman–Crippen MR) is 69.2 cm³/mol. The van der Waals surface area contributed by atoms with Gasteiger partial charge in [0.2, 0.25) is 5.91 Å². The minimum absolute atomic E-state index is 0.220. The molecule has 0 aromatic carbocycles. The van der Waals surface area contributed by atoms with Crippen LogP contribution in [0.4, 0.5) is 0 Å². The van der Waals surface area contributed by atoms with Crippen LogP contribution in [0.3, 0.4) is 0 Å². The second-order valence-electron chi connectivity index (χ2n) is 6.15. The first-order valence-corrected chi connectivity index (χ1v) is 6.77. The number of hydrogen-bond acceptors (Lipinski definition) is 1. The van der Waals surface area contributed by atoms with Gasteiger partial charge in [0, 0.05) is 13.1 Å². The highest BCUT2D eigenvalue weighted by Crippen LogP contribution is 2.47. The molecule has 17 heavy (non-hydrogen) atoms. The minimum Gasteiger partial charge on any atom is -0.341 e. The average Bonchev–Trinajstić information content (AvgIpc) is 3.09. The van der Waals surface area contributed by atoms with Gasteiger partial charge in [0.1, 0.15) is 5.41 Å². The molecule has 1 saturated carbocycles. The molecule has 0 aromatic rings. The zero-order chi connectivity index (χ0) is 12.6. The Hall–Kier alpha value is -0.970. The molecule has 2 heteroatoms. The van der Waals surface area contributed by atoms with E-state index in [4.69, 9.17) is 6.42 Å². The Kier molecular flexibility index (Phi) is 3.21. The van der Waals surface area contributed by atoms with Crippen LogP contribution in [0.15, 0.2) is 0 Å². The van der Waals surface area contributed by atoms with Crippen LogP contribution in [0, 0.1) is 35.5 Å². The van der Waals surface area contributed by atoms with E-state index in [0.717, 1.165) is 38.3 Å².